The van der Waals surface area contributed by atoms with Gasteiger partial charge in [0.1, 0.15) is 12.4 Å². The number of hydrogen-bond acceptors (Lipinski definition) is 4. The average Bonchev–Trinajstić information content (AvgIpc) is 3.16. The Morgan fingerprint density at radius 1 is 1.08 bits per heavy atom. The van der Waals surface area contributed by atoms with Gasteiger partial charge in [0.15, 0.2) is 0 Å². The normalized spacial score (nSPS) is 15.2. The van der Waals surface area contributed by atoms with E-state index in [1.807, 2.05) is 30.3 Å². The summed E-state index contributed by atoms with van der Waals surface area (Å²) in [4.78, 5) is 11.8. The lowest BCUT2D eigenvalue weighted by atomic mass is 10.2. The molecule has 1 aliphatic rings. The number of primary amides is 1. The summed E-state index contributed by atoms with van der Waals surface area (Å²) in [6, 6.07) is 13.7. The smallest absolute Gasteiger partial charge is 0.252 e. The van der Waals surface area contributed by atoms with Gasteiger partial charge in [-0.05, 0) is 36.6 Å². The van der Waals surface area contributed by atoms with Crippen LogP contribution in [-0.4, -0.2) is 31.7 Å². The number of nitrogens with zero attached hydrogens (tertiary/aromatic N) is 1. The Labute approximate surface area is 147 Å². The van der Waals surface area contributed by atoms with Crippen LogP contribution in [0, 0.1) is 0 Å². The zero-order valence-corrected chi connectivity index (χ0v) is 14.5. The second kappa shape index (κ2) is 7.25. The Hall–Kier alpha value is -2.38. The van der Waals surface area contributed by atoms with Crippen LogP contribution in [0.25, 0.3) is 0 Å². The lowest BCUT2D eigenvalue weighted by Gasteiger charge is -2.17. The number of ether oxygens (including phenoxy) is 1. The largest absolute Gasteiger partial charge is 0.488 e. The predicted octanol–water partition coefficient (Wildman–Crippen LogP) is 2.15. The topological polar surface area (TPSA) is 89.7 Å². The molecule has 1 amide bonds. The number of nitrogens with two attached hydrogens (primary N) is 1. The Bertz CT molecular complexity index is 860. The van der Waals surface area contributed by atoms with Crippen molar-refractivity contribution in [2.24, 2.45) is 5.73 Å². The number of sulfonamides is 1. The van der Waals surface area contributed by atoms with Crippen LogP contribution in [0.3, 0.4) is 0 Å². The third-order valence-corrected chi connectivity index (χ3v) is 6.05. The molecule has 0 spiro atoms. The van der Waals surface area contributed by atoms with E-state index in [2.05, 4.69) is 0 Å². The van der Waals surface area contributed by atoms with Crippen molar-refractivity contribution in [3.8, 4) is 5.75 Å². The molecular formula is C18H20N2O4S. The van der Waals surface area contributed by atoms with Crippen LogP contribution in [0.1, 0.15) is 28.8 Å². The predicted molar refractivity (Wildman–Crippen MR) is 93.7 cm³/mol. The number of benzene rings is 2. The first-order valence-electron chi connectivity index (χ1n) is 8.09. The highest BCUT2D eigenvalue weighted by Crippen LogP contribution is 2.27. The first-order valence-corrected chi connectivity index (χ1v) is 9.53. The van der Waals surface area contributed by atoms with Crippen molar-refractivity contribution in [2.45, 2.75) is 24.3 Å². The van der Waals surface area contributed by atoms with E-state index in [0.717, 1.165) is 18.4 Å². The highest BCUT2D eigenvalue weighted by molar-refractivity contribution is 7.89. The molecule has 0 aliphatic carbocycles. The minimum absolute atomic E-state index is 0.0651. The maximum Gasteiger partial charge on any atom is 0.252 e. The molecule has 25 heavy (non-hydrogen) atoms. The van der Waals surface area contributed by atoms with Gasteiger partial charge in [-0.15, -0.1) is 0 Å². The maximum atomic E-state index is 12.6. The summed E-state index contributed by atoms with van der Waals surface area (Å²) in [6.45, 7) is 1.26. The van der Waals surface area contributed by atoms with Gasteiger partial charge >= 0.3 is 0 Å². The van der Waals surface area contributed by atoms with Crippen molar-refractivity contribution in [1.29, 1.82) is 0 Å². The summed E-state index contributed by atoms with van der Waals surface area (Å²) in [5, 5.41) is 0. The number of rotatable bonds is 6. The summed E-state index contributed by atoms with van der Waals surface area (Å²) in [5.74, 6) is -0.446. The van der Waals surface area contributed by atoms with Crippen molar-refractivity contribution in [1.82, 2.24) is 4.31 Å². The molecule has 2 N–H and O–H groups in total. The molecule has 132 valence electrons. The molecule has 0 atom stereocenters. The molecule has 1 fully saturated rings. The quantitative estimate of drug-likeness (QED) is 0.855. The second-order valence-electron chi connectivity index (χ2n) is 5.91. The standard InChI is InChI=1S/C18H20N2O4S/c19-18(21)16-12-15(25(22,23)20-10-4-5-11-20)8-9-17(16)24-13-14-6-2-1-3-7-14/h1-3,6-9,12H,4-5,10-11,13H2,(H2,19,21). The van der Waals surface area contributed by atoms with E-state index in [-0.39, 0.29) is 22.8 Å². The number of carbonyl (C=O) groups excluding carboxylic acids is 1. The van der Waals surface area contributed by atoms with Gasteiger partial charge in [-0.2, -0.15) is 4.31 Å². The highest BCUT2D eigenvalue weighted by atomic mass is 32.2. The molecule has 1 aliphatic heterocycles. The minimum atomic E-state index is -3.61. The van der Waals surface area contributed by atoms with E-state index in [1.165, 1.54) is 22.5 Å². The fourth-order valence-electron chi connectivity index (χ4n) is 2.80. The third kappa shape index (κ3) is 3.83. The summed E-state index contributed by atoms with van der Waals surface area (Å²) >= 11 is 0. The van der Waals surface area contributed by atoms with Crippen LogP contribution >= 0.6 is 0 Å². The fraction of sp³-hybridized carbons (Fsp3) is 0.278. The summed E-state index contributed by atoms with van der Waals surface area (Å²) < 4.78 is 32.4. The van der Waals surface area contributed by atoms with E-state index in [4.69, 9.17) is 10.5 Å². The van der Waals surface area contributed by atoms with E-state index in [0.29, 0.717) is 13.1 Å². The molecule has 3 rings (SSSR count). The van der Waals surface area contributed by atoms with Gasteiger partial charge < -0.3 is 10.5 Å². The Morgan fingerprint density at radius 2 is 1.76 bits per heavy atom. The van der Waals surface area contributed by atoms with Gasteiger partial charge in [-0.25, -0.2) is 8.42 Å². The number of amides is 1. The van der Waals surface area contributed by atoms with E-state index in [1.54, 1.807) is 0 Å². The van der Waals surface area contributed by atoms with Gasteiger partial charge in [0.25, 0.3) is 5.91 Å². The molecule has 1 heterocycles. The molecule has 2 aromatic carbocycles. The van der Waals surface area contributed by atoms with Crippen LogP contribution in [0.15, 0.2) is 53.4 Å². The van der Waals surface area contributed by atoms with Crippen molar-refractivity contribution in [3.05, 3.63) is 59.7 Å². The third-order valence-electron chi connectivity index (χ3n) is 4.16. The van der Waals surface area contributed by atoms with Gasteiger partial charge in [0, 0.05) is 13.1 Å². The molecule has 0 radical (unpaired) electrons. The number of hydrogen-bond donors (Lipinski definition) is 1. The van der Waals surface area contributed by atoms with E-state index < -0.39 is 15.9 Å². The van der Waals surface area contributed by atoms with E-state index >= 15 is 0 Å². The van der Waals surface area contributed by atoms with Crippen molar-refractivity contribution >= 4 is 15.9 Å². The Balaban J connectivity index is 1.87. The van der Waals surface area contributed by atoms with Crippen LogP contribution in [-0.2, 0) is 16.6 Å². The highest BCUT2D eigenvalue weighted by Gasteiger charge is 2.28. The zero-order chi connectivity index (χ0) is 17.9. The average molecular weight is 360 g/mol. The van der Waals surface area contributed by atoms with Gasteiger partial charge in [0.2, 0.25) is 10.0 Å². The summed E-state index contributed by atoms with van der Waals surface area (Å²) in [6.07, 6.45) is 1.69. The van der Waals surface area contributed by atoms with Crippen LogP contribution in [0.2, 0.25) is 0 Å². The summed E-state index contributed by atoms with van der Waals surface area (Å²) in [7, 11) is -3.61. The molecule has 0 unspecified atom stereocenters. The fourth-order valence-corrected chi connectivity index (χ4v) is 4.34. The molecule has 1 saturated heterocycles. The van der Waals surface area contributed by atoms with Gasteiger partial charge in [-0.1, -0.05) is 30.3 Å². The minimum Gasteiger partial charge on any atom is -0.488 e. The SMILES string of the molecule is NC(=O)c1cc(S(=O)(=O)N2CCCC2)ccc1OCc1ccccc1. The molecule has 7 heteroatoms. The zero-order valence-electron chi connectivity index (χ0n) is 13.7. The van der Waals surface area contributed by atoms with Crippen molar-refractivity contribution in [3.63, 3.8) is 0 Å². The molecular weight excluding hydrogens is 340 g/mol. The lowest BCUT2D eigenvalue weighted by molar-refractivity contribution is 0.0995. The first-order chi connectivity index (χ1) is 12.0. The molecule has 6 nitrogen and oxygen atoms in total. The Kier molecular flexibility index (Phi) is 5.06. The number of carbonyl (C=O) groups is 1. The maximum absolute atomic E-state index is 12.6. The van der Waals surface area contributed by atoms with Crippen molar-refractivity contribution < 1.29 is 17.9 Å². The van der Waals surface area contributed by atoms with Crippen LogP contribution in [0.4, 0.5) is 0 Å². The second-order valence-corrected chi connectivity index (χ2v) is 7.85. The first kappa shape index (κ1) is 17.4. The molecule has 0 aromatic heterocycles. The van der Waals surface area contributed by atoms with Crippen LogP contribution < -0.4 is 10.5 Å². The molecule has 0 saturated carbocycles. The van der Waals surface area contributed by atoms with Crippen molar-refractivity contribution in [2.75, 3.05) is 13.1 Å². The van der Waals surface area contributed by atoms with E-state index in [9.17, 15) is 13.2 Å². The summed E-state index contributed by atoms with van der Waals surface area (Å²) in [5.41, 5.74) is 6.42. The Morgan fingerprint density at radius 3 is 2.40 bits per heavy atom. The van der Waals surface area contributed by atoms with Gasteiger partial charge in [0.05, 0.1) is 10.5 Å². The molecule has 0 bridgehead atoms. The monoisotopic (exact) mass is 360 g/mol. The molecule has 2 aromatic rings. The lowest BCUT2D eigenvalue weighted by Crippen LogP contribution is -2.28. The van der Waals surface area contributed by atoms with Crippen LogP contribution in [0.5, 0.6) is 5.75 Å². The van der Waals surface area contributed by atoms with Gasteiger partial charge in [-0.3, -0.25) is 4.79 Å².